The zero-order valence-corrected chi connectivity index (χ0v) is 14.8. The van der Waals surface area contributed by atoms with E-state index in [9.17, 15) is 13.2 Å². The summed E-state index contributed by atoms with van der Waals surface area (Å²) in [5.41, 5.74) is 6.92. The van der Waals surface area contributed by atoms with E-state index >= 15 is 0 Å². The van der Waals surface area contributed by atoms with Crippen molar-refractivity contribution in [2.75, 3.05) is 22.9 Å². The van der Waals surface area contributed by atoms with Crippen molar-refractivity contribution >= 4 is 34.3 Å². The summed E-state index contributed by atoms with van der Waals surface area (Å²) in [5, 5.41) is 8.13. The Morgan fingerprint density at radius 2 is 1.81 bits per heavy atom. The summed E-state index contributed by atoms with van der Waals surface area (Å²) >= 11 is 1.67. The molecule has 1 aromatic carbocycles. The van der Waals surface area contributed by atoms with Crippen LogP contribution in [0.15, 0.2) is 48.1 Å². The number of hydrogen-bond acceptors (Lipinski definition) is 7. The summed E-state index contributed by atoms with van der Waals surface area (Å²) in [6, 6.07) is 9.32. The van der Waals surface area contributed by atoms with Gasteiger partial charge in [-0.2, -0.15) is 0 Å². The van der Waals surface area contributed by atoms with Crippen molar-refractivity contribution in [2.45, 2.75) is 12.8 Å². The highest BCUT2D eigenvalue weighted by Gasteiger charge is 2.30. The van der Waals surface area contributed by atoms with E-state index in [1.807, 2.05) is 11.4 Å². The van der Waals surface area contributed by atoms with Crippen molar-refractivity contribution in [1.82, 2.24) is 9.97 Å². The number of anilines is 4. The van der Waals surface area contributed by atoms with Gasteiger partial charge < -0.3 is 21.1 Å². The predicted octanol–water partition coefficient (Wildman–Crippen LogP) is 4.42. The van der Waals surface area contributed by atoms with Crippen molar-refractivity contribution in [3.05, 3.63) is 53.0 Å². The Bertz CT molecular complexity index is 869. The molecule has 4 N–H and O–H groups in total. The fourth-order valence-electron chi connectivity index (χ4n) is 2.27. The highest BCUT2D eigenvalue weighted by molar-refractivity contribution is 7.09. The van der Waals surface area contributed by atoms with Crippen molar-refractivity contribution in [3.63, 3.8) is 0 Å². The number of aromatic nitrogens is 2. The quantitative estimate of drug-likeness (QED) is 0.549. The van der Waals surface area contributed by atoms with E-state index in [2.05, 4.69) is 31.4 Å². The molecule has 0 radical (unpaired) electrons. The van der Waals surface area contributed by atoms with Crippen LogP contribution in [0.2, 0.25) is 0 Å². The molecule has 6 nitrogen and oxygen atoms in total. The Hall–Kier alpha value is -3.01. The van der Waals surface area contributed by atoms with E-state index < -0.39 is 6.36 Å². The Morgan fingerprint density at radius 3 is 2.48 bits per heavy atom. The highest BCUT2D eigenvalue weighted by atomic mass is 32.1. The predicted molar refractivity (Wildman–Crippen MR) is 99.4 cm³/mol. The van der Waals surface area contributed by atoms with Crippen LogP contribution >= 0.6 is 11.3 Å². The SMILES string of the molecule is Nc1c(NCCc2cccs2)ncnc1Nc1ccc(OC(F)(F)F)cc1. The molecule has 0 amide bonds. The van der Waals surface area contributed by atoms with Gasteiger partial charge in [-0.15, -0.1) is 24.5 Å². The van der Waals surface area contributed by atoms with Crippen LogP contribution in [0.3, 0.4) is 0 Å². The molecule has 0 atom stereocenters. The fraction of sp³-hybridized carbons (Fsp3) is 0.176. The number of thiophene rings is 1. The van der Waals surface area contributed by atoms with Crippen LogP contribution in [0.25, 0.3) is 0 Å². The summed E-state index contributed by atoms with van der Waals surface area (Å²) in [4.78, 5) is 9.45. The highest BCUT2D eigenvalue weighted by Crippen LogP contribution is 2.28. The number of nitrogens with zero attached hydrogens (tertiary/aromatic N) is 2. The van der Waals surface area contributed by atoms with E-state index in [1.54, 1.807) is 11.3 Å². The topological polar surface area (TPSA) is 85.1 Å². The molecule has 0 saturated heterocycles. The molecule has 3 aromatic rings. The second kappa shape index (κ2) is 8.12. The van der Waals surface area contributed by atoms with Crippen LogP contribution in [0.5, 0.6) is 5.75 Å². The van der Waals surface area contributed by atoms with Crippen molar-refractivity contribution in [1.29, 1.82) is 0 Å². The molecule has 3 rings (SSSR count). The number of rotatable bonds is 7. The van der Waals surface area contributed by atoms with Gasteiger partial charge in [0.1, 0.15) is 17.8 Å². The molecule has 0 unspecified atom stereocenters. The maximum Gasteiger partial charge on any atom is 0.573 e. The summed E-state index contributed by atoms with van der Waals surface area (Å²) in [6.45, 7) is 0.657. The molecule has 0 bridgehead atoms. The maximum atomic E-state index is 12.2. The van der Waals surface area contributed by atoms with E-state index in [1.165, 1.54) is 35.5 Å². The average molecular weight is 395 g/mol. The molecule has 2 aromatic heterocycles. The van der Waals surface area contributed by atoms with E-state index in [-0.39, 0.29) is 5.75 Å². The van der Waals surface area contributed by atoms with Gasteiger partial charge in [-0.1, -0.05) is 6.07 Å². The van der Waals surface area contributed by atoms with Gasteiger partial charge in [-0.3, -0.25) is 0 Å². The lowest BCUT2D eigenvalue weighted by Gasteiger charge is -2.13. The van der Waals surface area contributed by atoms with Gasteiger partial charge in [0.05, 0.1) is 0 Å². The second-order valence-electron chi connectivity index (χ2n) is 5.44. The largest absolute Gasteiger partial charge is 0.573 e. The van der Waals surface area contributed by atoms with Gasteiger partial charge in [0.15, 0.2) is 11.6 Å². The minimum Gasteiger partial charge on any atom is -0.406 e. The number of alkyl halides is 3. The fourth-order valence-corrected chi connectivity index (χ4v) is 2.98. The lowest BCUT2D eigenvalue weighted by molar-refractivity contribution is -0.274. The molecule has 0 aliphatic rings. The summed E-state index contributed by atoms with van der Waals surface area (Å²) in [6.07, 6.45) is -2.53. The third-order valence-electron chi connectivity index (χ3n) is 3.48. The van der Waals surface area contributed by atoms with Crippen LogP contribution in [-0.4, -0.2) is 22.9 Å². The van der Waals surface area contributed by atoms with E-state index in [0.29, 0.717) is 29.6 Å². The molecule has 10 heteroatoms. The first kappa shape index (κ1) is 18.8. The molecule has 27 heavy (non-hydrogen) atoms. The average Bonchev–Trinajstić information content (AvgIpc) is 3.12. The standard InChI is InChI=1S/C17H16F3N5OS/c18-17(19,20)26-12-5-3-11(4-6-12)25-16-14(21)15(23-10-24-16)22-8-7-13-2-1-9-27-13/h1-6,9-10H,7-8,21H2,(H2,22,23,24,25). The molecule has 0 aliphatic heterocycles. The van der Waals surface area contributed by atoms with Gasteiger partial charge in [-0.25, -0.2) is 9.97 Å². The Labute approximate surface area is 157 Å². The lowest BCUT2D eigenvalue weighted by atomic mass is 10.3. The second-order valence-corrected chi connectivity index (χ2v) is 6.47. The molecule has 0 saturated carbocycles. The summed E-state index contributed by atoms with van der Waals surface area (Å²) in [5.74, 6) is 0.536. The van der Waals surface area contributed by atoms with Gasteiger partial charge in [0.25, 0.3) is 0 Å². The Balaban J connectivity index is 1.63. The van der Waals surface area contributed by atoms with Gasteiger partial charge in [0, 0.05) is 17.1 Å². The van der Waals surface area contributed by atoms with Gasteiger partial charge in [0.2, 0.25) is 0 Å². The minimum atomic E-state index is -4.73. The van der Waals surface area contributed by atoms with Gasteiger partial charge in [-0.05, 0) is 42.1 Å². The van der Waals surface area contributed by atoms with E-state index in [0.717, 1.165) is 6.42 Å². The molecular weight excluding hydrogens is 379 g/mol. The first-order valence-electron chi connectivity index (χ1n) is 7.90. The third-order valence-corrected chi connectivity index (χ3v) is 4.41. The van der Waals surface area contributed by atoms with Crippen LogP contribution in [0.1, 0.15) is 4.88 Å². The first-order chi connectivity index (χ1) is 12.9. The Kier molecular flexibility index (Phi) is 5.65. The van der Waals surface area contributed by atoms with E-state index in [4.69, 9.17) is 5.73 Å². The van der Waals surface area contributed by atoms with Crippen molar-refractivity contribution in [3.8, 4) is 5.75 Å². The van der Waals surface area contributed by atoms with Crippen LogP contribution in [0.4, 0.5) is 36.2 Å². The van der Waals surface area contributed by atoms with Crippen molar-refractivity contribution in [2.24, 2.45) is 0 Å². The molecule has 142 valence electrons. The zero-order valence-electron chi connectivity index (χ0n) is 14.0. The normalized spacial score (nSPS) is 11.2. The summed E-state index contributed by atoms with van der Waals surface area (Å²) in [7, 11) is 0. The maximum absolute atomic E-state index is 12.2. The van der Waals surface area contributed by atoms with Crippen molar-refractivity contribution < 1.29 is 17.9 Å². The molecule has 0 fully saturated rings. The zero-order chi connectivity index (χ0) is 19.3. The number of hydrogen-bond donors (Lipinski definition) is 3. The van der Waals surface area contributed by atoms with Crippen LogP contribution in [0, 0.1) is 0 Å². The van der Waals surface area contributed by atoms with Crippen LogP contribution in [-0.2, 0) is 6.42 Å². The summed E-state index contributed by atoms with van der Waals surface area (Å²) < 4.78 is 40.4. The number of nitrogen functional groups attached to an aromatic ring is 1. The lowest BCUT2D eigenvalue weighted by Crippen LogP contribution is -2.17. The van der Waals surface area contributed by atoms with Crippen LogP contribution < -0.4 is 21.1 Å². The number of halogens is 3. The minimum absolute atomic E-state index is 0.306. The smallest absolute Gasteiger partial charge is 0.406 e. The molecule has 0 spiro atoms. The number of ether oxygens (including phenoxy) is 1. The number of nitrogens with one attached hydrogen (secondary N) is 2. The monoisotopic (exact) mass is 395 g/mol. The molecular formula is C17H16F3N5OS. The number of nitrogens with two attached hydrogens (primary N) is 1. The molecule has 0 aliphatic carbocycles. The third kappa shape index (κ3) is 5.48. The van der Waals surface area contributed by atoms with Gasteiger partial charge >= 0.3 is 6.36 Å². The Morgan fingerprint density at radius 1 is 1.07 bits per heavy atom. The molecule has 2 heterocycles. The first-order valence-corrected chi connectivity index (χ1v) is 8.78. The number of benzene rings is 1.